The molecule has 3 rings (SSSR count). The number of nitrogens with one attached hydrogen (secondary N) is 1. The van der Waals surface area contributed by atoms with Crippen LogP contribution in [0.15, 0.2) is 42.9 Å². The molecule has 3 heterocycles. The van der Waals surface area contributed by atoms with Gasteiger partial charge < -0.3 is 19.9 Å². The Labute approximate surface area is 148 Å². The molecule has 0 spiro atoms. The summed E-state index contributed by atoms with van der Waals surface area (Å²) in [5.41, 5.74) is 2.19. The highest BCUT2D eigenvalue weighted by Crippen LogP contribution is 2.38. The summed E-state index contributed by atoms with van der Waals surface area (Å²) in [6, 6.07) is 8.62. The molecule has 0 amide bonds. The van der Waals surface area contributed by atoms with Crippen molar-refractivity contribution in [1.29, 1.82) is 0 Å². The van der Waals surface area contributed by atoms with Gasteiger partial charge in [-0.25, -0.2) is 0 Å². The van der Waals surface area contributed by atoms with E-state index in [1.807, 2.05) is 24.4 Å². The van der Waals surface area contributed by atoms with Crippen LogP contribution in [0.2, 0.25) is 0 Å². The van der Waals surface area contributed by atoms with Crippen LogP contribution in [0.1, 0.15) is 49.7 Å². The number of aliphatic hydroxyl groups is 1. The Hall–Kier alpha value is -1.92. The maximum atomic E-state index is 9.22. The summed E-state index contributed by atoms with van der Waals surface area (Å²) in [4.78, 5) is 6.69. The predicted octanol–water partition coefficient (Wildman–Crippen LogP) is 2.82. The fourth-order valence-electron chi connectivity index (χ4n) is 3.18. The number of hydrogen-bond donors (Lipinski definition) is 2. The minimum Gasteiger partial charge on any atom is -0.396 e. The summed E-state index contributed by atoms with van der Waals surface area (Å²) in [7, 11) is 0. The van der Waals surface area contributed by atoms with E-state index in [0.29, 0.717) is 12.5 Å². The number of rotatable bonds is 6. The van der Waals surface area contributed by atoms with Gasteiger partial charge in [-0.1, -0.05) is 6.07 Å². The number of hydrogen-bond acceptors (Lipinski definition) is 3. The van der Waals surface area contributed by atoms with Crippen LogP contribution in [0.4, 0.5) is 0 Å². The van der Waals surface area contributed by atoms with Crippen LogP contribution in [0, 0.1) is 0 Å². The fraction of sp³-hybridized carbons (Fsp3) is 0.444. The largest absolute Gasteiger partial charge is 0.396 e. The van der Waals surface area contributed by atoms with Crippen molar-refractivity contribution in [2.24, 2.45) is 0 Å². The van der Waals surface area contributed by atoms with Gasteiger partial charge in [0, 0.05) is 37.8 Å². The molecular formula is C18H24N4OS. The number of thiocarbonyl (C=S) groups is 1. The molecule has 0 bridgehead atoms. The lowest BCUT2D eigenvalue weighted by atomic mass is 9.99. The highest BCUT2D eigenvalue weighted by Gasteiger charge is 2.39. The normalized spacial score (nSPS) is 20.7. The lowest BCUT2D eigenvalue weighted by Gasteiger charge is -2.27. The zero-order valence-electron chi connectivity index (χ0n) is 14.1. The van der Waals surface area contributed by atoms with Gasteiger partial charge >= 0.3 is 0 Å². The monoisotopic (exact) mass is 344 g/mol. The fourth-order valence-corrected chi connectivity index (χ4v) is 3.51. The van der Waals surface area contributed by atoms with E-state index in [9.17, 15) is 5.11 Å². The highest BCUT2D eigenvalue weighted by atomic mass is 32.1. The molecule has 0 aromatic carbocycles. The van der Waals surface area contributed by atoms with Crippen molar-refractivity contribution in [3.05, 3.63) is 54.1 Å². The van der Waals surface area contributed by atoms with Gasteiger partial charge in [-0.15, -0.1) is 0 Å². The van der Waals surface area contributed by atoms with Gasteiger partial charge in [-0.3, -0.25) is 4.98 Å². The minimum absolute atomic E-state index is 0.0143. The first-order chi connectivity index (χ1) is 11.6. The molecule has 1 aliphatic rings. The number of pyridine rings is 1. The molecule has 1 aliphatic heterocycles. The number of nitrogens with zero attached hydrogens (tertiary/aromatic N) is 3. The Balaban J connectivity index is 1.96. The standard InChI is InChI=1S/C18H24N4OS/c1-13(2)21-10-7-14(12-21)17-16(15-6-3-4-8-19-15)20-18(24)22(17)9-5-11-23/h3-4,6-8,10,12-13,16-17,23H,5,9,11H2,1-2H3,(H,20,24). The van der Waals surface area contributed by atoms with Gasteiger partial charge in [-0.2, -0.15) is 0 Å². The predicted molar refractivity (Wildman–Crippen MR) is 98.7 cm³/mol. The van der Waals surface area contributed by atoms with E-state index in [0.717, 1.165) is 17.4 Å². The van der Waals surface area contributed by atoms with Crippen LogP contribution in [-0.2, 0) is 0 Å². The summed E-state index contributed by atoms with van der Waals surface area (Å²) < 4.78 is 2.20. The Morgan fingerprint density at radius 3 is 2.79 bits per heavy atom. The quantitative estimate of drug-likeness (QED) is 0.789. The molecule has 128 valence electrons. The van der Waals surface area contributed by atoms with Gasteiger partial charge in [0.05, 0.1) is 17.8 Å². The highest BCUT2D eigenvalue weighted by molar-refractivity contribution is 7.80. The van der Waals surface area contributed by atoms with Crippen molar-refractivity contribution < 1.29 is 5.11 Å². The van der Waals surface area contributed by atoms with Crippen molar-refractivity contribution in [3.63, 3.8) is 0 Å². The molecule has 2 aromatic rings. The second-order valence-corrected chi connectivity index (χ2v) is 6.77. The lowest BCUT2D eigenvalue weighted by molar-refractivity contribution is 0.247. The first-order valence-corrected chi connectivity index (χ1v) is 8.79. The van der Waals surface area contributed by atoms with Crippen molar-refractivity contribution >= 4 is 17.3 Å². The number of aromatic nitrogens is 2. The van der Waals surface area contributed by atoms with Crippen LogP contribution >= 0.6 is 12.2 Å². The SMILES string of the molecule is CC(C)n1ccc(C2C(c3ccccn3)NC(=S)N2CCCO)c1. The third kappa shape index (κ3) is 3.30. The molecule has 0 radical (unpaired) electrons. The maximum absolute atomic E-state index is 9.22. The van der Waals surface area contributed by atoms with E-state index in [2.05, 4.69) is 52.1 Å². The second-order valence-electron chi connectivity index (χ2n) is 6.38. The number of aliphatic hydroxyl groups excluding tert-OH is 1. The molecule has 2 atom stereocenters. The topological polar surface area (TPSA) is 53.3 Å². The van der Waals surface area contributed by atoms with E-state index in [1.165, 1.54) is 5.56 Å². The maximum Gasteiger partial charge on any atom is 0.170 e. The summed E-state index contributed by atoms with van der Waals surface area (Å²) in [6.45, 7) is 5.22. The molecular weight excluding hydrogens is 320 g/mol. The molecule has 6 heteroatoms. The Morgan fingerprint density at radius 2 is 2.17 bits per heavy atom. The van der Waals surface area contributed by atoms with Gasteiger partial charge in [0.1, 0.15) is 0 Å². The van der Waals surface area contributed by atoms with Crippen molar-refractivity contribution in [1.82, 2.24) is 19.8 Å². The van der Waals surface area contributed by atoms with Crippen molar-refractivity contribution in [3.8, 4) is 0 Å². The average Bonchev–Trinajstić information content (AvgIpc) is 3.18. The van der Waals surface area contributed by atoms with Crippen LogP contribution in [0.25, 0.3) is 0 Å². The zero-order valence-corrected chi connectivity index (χ0v) is 14.9. The molecule has 2 N–H and O–H groups in total. The Morgan fingerprint density at radius 1 is 1.33 bits per heavy atom. The van der Waals surface area contributed by atoms with Crippen LogP contribution in [0.5, 0.6) is 0 Å². The lowest BCUT2D eigenvalue weighted by Crippen LogP contribution is -2.31. The molecule has 2 unspecified atom stereocenters. The van der Waals surface area contributed by atoms with Gasteiger partial charge in [-0.05, 0) is 56.2 Å². The van der Waals surface area contributed by atoms with E-state index in [1.54, 1.807) is 0 Å². The molecule has 1 fully saturated rings. The third-order valence-electron chi connectivity index (χ3n) is 4.43. The summed E-state index contributed by atoms with van der Waals surface area (Å²) in [6.07, 6.45) is 6.80. The molecule has 5 nitrogen and oxygen atoms in total. The Bertz CT molecular complexity index is 685. The van der Waals surface area contributed by atoms with Crippen molar-refractivity contribution in [2.75, 3.05) is 13.2 Å². The third-order valence-corrected chi connectivity index (χ3v) is 4.78. The minimum atomic E-state index is 0.0143. The van der Waals surface area contributed by atoms with Crippen LogP contribution in [-0.4, -0.2) is 37.8 Å². The van der Waals surface area contributed by atoms with Gasteiger partial charge in [0.2, 0.25) is 0 Å². The van der Waals surface area contributed by atoms with Gasteiger partial charge in [0.15, 0.2) is 5.11 Å². The molecule has 24 heavy (non-hydrogen) atoms. The van der Waals surface area contributed by atoms with Crippen molar-refractivity contribution in [2.45, 2.75) is 38.4 Å². The van der Waals surface area contributed by atoms with E-state index in [4.69, 9.17) is 12.2 Å². The first kappa shape index (κ1) is 16.9. The van der Waals surface area contributed by atoms with Crippen LogP contribution < -0.4 is 5.32 Å². The first-order valence-electron chi connectivity index (χ1n) is 8.38. The molecule has 0 saturated carbocycles. The summed E-state index contributed by atoms with van der Waals surface area (Å²) >= 11 is 5.56. The second kappa shape index (κ2) is 7.32. The smallest absolute Gasteiger partial charge is 0.170 e. The van der Waals surface area contributed by atoms with E-state index >= 15 is 0 Å². The zero-order chi connectivity index (χ0) is 17.1. The molecule has 1 saturated heterocycles. The Kier molecular flexibility index (Phi) is 5.16. The van der Waals surface area contributed by atoms with Crippen LogP contribution in [0.3, 0.4) is 0 Å². The summed E-state index contributed by atoms with van der Waals surface area (Å²) in [5, 5.41) is 13.4. The van der Waals surface area contributed by atoms with E-state index < -0.39 is 0 Å². The van der Waals surface area contributed by atoms with Gasteiger partial charge in [0.25, 0.3) is 0 Å². The van der Waals surface area contributed by atoms with E-state index in [-0.39, 0.29) is 18.7 Å². The summed E-state index contributed by atoms with van der Waals surface area (Å²) in [5.74, 6) is 0. The average molecular weight is 344 g/mol. The molecule has 0 aliphatic carbocycles. The molecule has 2 aromatic heterocycles.